The fourth-order valence-corrected chi connectivity index (χ4v) is 1.64. The van der Waals surface area contributed by atoms with Crippen LogP contribution in [0.2, 0.25) is 0 Å². The van der Waals surface area contributed by atoms with Crippen molar-refractivity contribution < 1.29 is 15.0 Å². The molecule has 0 amide bonds. The molecule has 5 nitrogen and oxygen atoms in total. The minimum absolute atomic E-state index is 0.244. The quantitative estimate of drug-likeness (QED) is 0.668. The Hall–Kier alpha value is -1.85. The van der Waals surface area contributed by atoms with E-state index in [9.17, 15) is 9.90 Å². The number of carbonyl (C=O) groups is 1. The first-order valence-corrected chi connectivity index (χ1v) is 4.78. The molecule has 1 radical (unpaired) electrons. The third-order valence-corrected chi connectivity index (χ3v) is 2.49. The van der Waals surface area contributed by atoms with E-state index in [1.54, 1.807) is 6.20 Å². The molecule has 2 rings (SSSR count). The fourth-order valence-electron chi connectivity index (χ4n) is 1.64. The zero-order valence-electron chi connectivity index (χ0n) is 8.43. The summed E-state index contributed by atoms with van der Waals surface area (Å²) in [6.07, 6.45) is 1.37. The maximum absolute atomic E-state index is 11.5. The number of hydrogen-bond acceptors (Lipinski definition) is 2. The average molecular weight is 219 g/mol. The first-order valence-electron chi connectivity index (χ1n) is 4.78. The normalized spacial score (nSPS) is 14.9. The van der Waals surface area contributed by atoms with E-state index < -0.39 is 11.7 Å². The van der Waals surface area contributed by atoms with Crippen LogP contribution in [0.15, 0.2) is 30.5 Å². The average Bonchev–Trinajstić information content (AvgIpc) is 2.61. The number of H-pyrrole nitrogens is 1. The van der Waals surface area contributed by atoms with E-state index in [-0.39, 0.29) is 6.42 Å². The van der Waals surface area contributed by atoms with Crippen molar-refractivity contribution in [2.45, 2.75) is 12.1 Å². The molecule has 0 saturated heterocycles. The number of aromatic nitrogens is 1. The first kappa shape index (κ1) is 10.7. The lowest BCUT2D eigenvalue weighted by Crippen LogP contribution is -2.48. The number of aliphatic carboxylic acids is 1. The van der Waals surface area contributed by atoms with Gasteiger partial charge >= 0.3 is 5.97 Å². The van der Waals surface area contributed by atoms with Crippen molar-refractivity contribution in [3.63, 3.8) is 0 Å². The van der Waals surface area contributed by atoms with Crippen molar-refractivity contribution in [3.8, 4) is 0 Å². The molecule has 0 aliphatic rings. The summed E-state index contributed by atoms with van der Waals surface area (Å²) >= 11 is 0. The van der Waals surface area contributed by atoms with Crippen molar-refractivity contribution in [3.05, 3.63) is 36.0 Å². The van der Waals surface area contributed by atoms with Crippen molar-refractivity contribution in [1.29, 1.82) is 0 Å². The summed E-state index contributed by atoms with van der Waals surface area (Å²) in [5, 5.41) is 21.0. The molecule has 16 heavy (non-hydrogen) atoms. The standard InChI is InChI=1S/C11H11N2O3/c12-11(16,10(14)15)5-7-6-13-9-4-2-1-3-8(7)9/h1-4,6,13H,5,12H2,(H,14,15)/t11-/m1/s1. The smallest absolute Gasteiger partial charge is 0.354 e. The zero-order valence-corrected chi connectivity index (χ0v) is 8.43. The number of carboxylic acids is 1. The van der Waals surface area contributed by atoms with Gasteiger partial charge in [-0.15, -0.1) is 0 Å². The second-order valence-corrected chi connectivity index (χ2v) is 3.73. The van der Waals surface area contributed by atoms with E-state index >= 15 is 0 Å². The van der Waals surface area contributed by atoms with Crippen molar-refractivity contribution in [2.75, 3.05) is 0 Å². The maximum atomic E-state index is 11.5. The topological polar surface area (TPSA) is 99.0 Å². The monoisotopic (exact) mass is 219 g/mol. The van der Waals surface area contributed by atoms with Crippen molar-refractivity contribution in [1.82, 2.24) is 4.98 Å². The molecule has 4 N–H and O–H groups in total. The van der Waals surface area contributed by atoms with Gasteiger partial charge in [-0.25, -0.2) is 4.79 Å². The Kier molecular flexibility index (Phi) is 2.41. The lowest BCUT2D eigenvalue weighted by molar-refractivity contribution is -0.165. The highest BCUT2D eigenvalue weighted by Gasteiger charge is 2.34. The van der Waals surface area contributed by atoms with Crippen LogP contribution in [0.5, 0.6) is 0 Å². The van der Waals surface area contributed by atoms with E-state index in [0.717, 1.165) is 10.9 Å². The van der Waals surface area contributed by atoms with Gasteiger partial charge in [-0.05, 0) is 11.6 Å². The molecule has 1 aromatic carbocycles. The number of nitrogens with one attached hydrogen (secondary N) is 1. The van der Waals surface area contributed by atoms with Gasteiger partial charge < -0.3 is 10.1 Å². The molecule has 1 atom stereocenters. The number of rotatable bonds is 3. The summed E-state index contributed by atoms with van der Waals surface area (Å²) in [4.78, 5) is 13.6. The Morgan fingerprint density at radius 2 is 2.12 bits per heavy atom. The minimum atomic E-state index is -2.48. The SMILES string of the molecule is N[C@@]([O])(Cc1c[nH]c2ccccc12)C(=O)O. The predicted octanol–water partition coefficient (Wildman–Crippen LogP) is 0.880. The Morgan fingerprint density at radius 1 is 1.44 bits per heavy atom. The molecule has 0 saturated carbocycles. The van der Waals surface area contributed by atoms with Crippen LogP contribution in [-0.4, -0.2) is 21.8 Å². The maximum Gasteiger partial charge on any atom is 0.354 e. The molecule has 2 aromatic rings. The second kappa shape index (κ2) is 3.62. The molecule has 83 valence electrons. The van der Waals surface area contributed by atoms with E-state index in [1.807, 2.05) is 24.3 Å². The van der Waals surface area contributed by atoms with Gasteiger partial charge in [0.15, 0.2) is 0 Å². The molecule has 0 aliphatic heterocycles. The highest BCUT2D eigenvalue weighted by molar-refractivity contribution is 5.84. The van der Waals surface area contributed by atoms with Gasteiger partial charge in [0.2, 0.25) is 0 Å². The third-order valence-electron chi connectivity index (χ3n) is 2.49. The van der Waals surface area contributed by atoms with Gasteiger partial charge in [-0.2, -0.15) is 5.11 Å². The zero-order chi connectivity index (χ0) is 11.8. The highest BCUT2D eigenvalue weighted by atomic mass is 16.4. The molecule has 0 fully saturated rings. The van der Waals surface area contributed by atoms with Crippen LogP contribution in [0.4, 0.5) is 0 Å². The van der Waals surface area contributed by atoms with Gasteiger partial charge in [0.25, 0.3) is 5.72 Å². The van der Waals surface area contributed by atoms with Crippen LogP contribution in [0.1, 0.15) is 5.56 Å². The molecule has 0 unspecified atom stereocenters. The molecule has 0 aliphatic carbocycles. The molecule has 5 heteroatoms. The second-order valence-electron chi connectivity index (χ2n) is 3.73. The molecule has 1 aromatic heterocycles. The number of carboxylic acid groups (broad SMARTS) is 1. The largest absolute Gasteiger partial charge is 0.478 e. The summed E-state index contributed by atoms with van der Waals surface area (Å²) in [5.74, 6) is -1.54. The Labute approximate surface area is 91.5 Å². The molecule has 1 heterocycles. The molecule has 0 spiro atoms. The van der Waals surface area contributed by atoms with Gasteiger partial charge in [-0.3, -0.25) is 5.73 Å². The fraction of sp³-hybridized carbons (Fsp3) is 0.182. The number of benzene rings is 1. The lowest BCUT2D eigenvalue weighted by Gasteiger charge is -2.13. The Bertz CT molecular complexity index is 531. The van der Waals surface area contributed by atoms with Crippen LogP contribution < -0.4 is 5.73 Å². The van der Waals surface area contributed by atoms with Crippen LogP contribution in [-0.2, 0) is 16.3 Å². The summed E-state index contributed by atoms with van der Waals surface area (Å²) in [7, 11) is 0. The van der Waals surface area contributed by atoms with Gasteiger partial charge in [0.1, 0.15) is 0 Å². The van der Waals surface area contributed by atoms with E-state index in [1.165, 1.54) is 0 Å². The van der Waals surface area contributed by atoms with Crippen molar-refractivity contribution in [2.24, 2.45) is 5.73 Å². The summed E-state index contributed by atoms with van der Waals surface area (Å²) < 4.78 is 0. The van der Waals surface area contributed by atoms with Crippen molar-refractivity contribution >= 4 is 16.9 Å². The number of fused-ring (bicyclic) bond motifs is 1. The summed E-state index contributed by atoms with van der Waals surface area (Å²) in [6.45, 7) is 0. The number of nitrogens with two attached hydrogens (primary N) is 1. The predicted molar refractivity (Wildman–Crippen MR) is 57.2 cm³/mol. The van der Waals surface area contributed by atoms with Gasteiger partial charge in [0.05, 0.1) is 0 Å². The van der Waals surface area contributed by atoms with Crippen LogP contribution >= 0.6 is 0 Å². The number of hydrogen-bond donors (Lipinski definition) is 3. The Balaban J connectivity index is 2.38. The molecule has 0 bridgehead atoms. The molecular formula is C11H11N2O3. The van der Waals surface area contributed by atoms with E-state index in [4.69, 9.17) is 10.8 Å². The van der Waals surface area contributed by atoms with Gasteiger partial charge in [0, 0.05) is 23.5 Å². The van der Waals surface area contributed by atoms with Gasteiger partial charge in [-0.1, -0.05) is 18.2 Å². The van der Waals surface area contributed by atoms with E-state index in [0.29, 0.717) is 5.56 Å². The Morgan fingerprint density at radius 3 is 2.81 bits per heavy atom. The molecular weight excluding hydrogens is 208 g/mol. The first-order chi connectivity index (χ1) is 7.50. The van der Waals surface area contributed by atoms with Crippen LogP contribution in [0.3, 0.4) is 0 Å². The third kappa shape index (κ3) is 1.78. The minimum Gasteiger partial charge on any atom is -0.478 e. The number of para-hydroxylation sites is 1. The number of aromatic amines is 1. The van der Waals surface area contributed by atoms with Crippen LogP contribution in [0, 0.1) is 0 Å². The summed E-state index contributed by atoms with van der Waals surface area (Å²) in [5.41, 5.74) is 4.17. The highest BCUT2D eigenvalue weighted by Crippen LogP contribution is 2.20. The lowest BCUT2D eigenvalue weighted by atomic mass is 10.0. The van der Waals surface area contributed by atoms with Crippen LogP contribution in [0.25, 0.3) is 10.9 Å². The van der Waals surface area contributed by atoms with E-state index in [2.05, 4.69) is 4.98 Å². The summed E-state index contributed by atoms with van der Waals surface area (Å²) in [6, 6.07) is 7.35.